The Kier molecular flexibility index (Phi) is 9.56. The number of hydrogen-bond donors (Lipinski definition) is 0. The minimum atomic E-state index is -3.80. The standard InChI is InChI=1S/C26H31N3O7S2/c1-20(2)15-29(38(31,32)23-9-10-24-25(13-23)34-19-33-24)12-6-11-28(16-21-7-4-3-5-8-21)26(30)36-35-17-22-14-27-18-37-22/h3-5,7-10,13-14,18,20H,6,11-12,15-17,19H2,1-2H3. The van der Waals surface area contributed by atoms with Gasteiger partial charge in [-0.2, -0.15) is 9.19 Å². The molecule has 4 rings (SSSR count). The van der Waals surface area contributed by atoms with Crippen LogP contribution in [0.5, 0.6) is 11.5 Å². The maximum atomic E-state index is 13.5. The van der Waals surface area contributed by atoms with Gasteiger partial charge in [0.15, 0.2) is 11.5 Å². The highest BCUT2D eigenvalue weighted by molar-refractivity contribution is 7.89. The first-order valence-corrected chi connectivity index (χ1v) is 14.5. The fourth-order valence-corrected chi connectivity index (χ4v) is 6.04. The van der Waals surface area contributed by atoms with E-state index in [9.17, 15) is 13.2 Å². The Labute approximate surface area is 226 Å². The zero-order chi connectivity index (χ0) is 27.0. The number of fused-ring (bicyclic) bond motifs is 1. The van der Waals surface area contributed by atoms with Crippen LogP contribution in [0.25, 0.3) is 0 Å². The summed E-state index contributed by atoms with van der Waals surface area (Å²) in [6, 6.07) is 14.1. The monoisotopic (exact) mass is 561 g/mol. The summed E-state index contributed by atoms with van der Waals surface area (Å²) < 4.78 is 39.2. The van der Waals surface area contributed by atoms with Gasteiger partial charge < -0.3 is 14.4 Å². The highest BCUT2D eigenvalue weighted by Gasteiger charge is 2.28. The molecule has 0 saturated heterocycles. The van der Waals surface area contributed by atoms with Gasteiger partial charge in [0.05, 0.1) is 15.3 Å². The lowest BCUT2D eigenvalue weighted by atomic mass is 10.2. The van der Waals surface area contributed by atoms with Gasteiger partial charge in [0.25, 0.3) is 0 Å². The van der Waals surface area contributed by atoms with Gasteiger partial charge in [-0.25, -0.2) is 13.2 Å². The summed E-state index contributed by atoms with van der Waals surface area (Å²) in [6.45, 7) is 5.20. The van der Waals surface area contributed by atoms with E-state index in [1.807, 2.05) is 44.2 Å². The second-order valence-electron chi connectivity index (χ2n) is 9.11. The number of ether oxygens (including phenoxy) is 2. The van der Waals surface area contributed by atoms with Crippen molar-refractivity contribution < 1.29 is 32.5 Å². The van der Waals surface area contributed by atoms with Crippen molar-refractivity contribution in [1.82, 2.24) is 14.2 Å². The van der Waals surface area contributed by atoms with E-state index in [1.54, 1.807) is 17.8 Å². The Balaban J connectivity index is 1.42. The van der Waals surface area contributed by atoms with E-state index in [-0.39, 0.29) is 37.3 Å². The largest absolute Gasteiger partial charge is 0.454 e. The van der Waals surface area contributed by atoms with Crippen LogP contribution in [0.15, 0.2) is 65.1 Å². The normalized spacial score (nSPS) is 12.7. The zero-order valence-corrected chi connectivity index (χ0v) is 22.9. The van der Waals surface area contributed by atoms with Crippen LogP contribution >= 0.6 is 11.3 Å². The Morgan fingerprint density at radius 3 is 2.63 bits per heavy atom. The second-order valence-corrected chi connectivity index (χ2v) is 12.0. The van der Waals surface area contributed by atoms with Gasteiger partial charge in [-0.05, 0) is 30.0 Å². The maximum Gasteiger partial charge on any atom is 0.441 e. The molecule has 0 radical (unpaired) electrons. The van der Waals surface area contributed by atoms with Gasteiger partial charge in [-0.1, -0.05) is 44.2 Å². The molecule has 0 fully saturated rings. The molecule has 2 aromatic carbocycles. The second kappa shape index (κ2) is 13.1. The van der Waals surface area contributed by atoms with Crippen LogP contribution in [-0.2, 0) is 33.0 Å². The molecule has 1 aliphatic heterocycles. The number of aromatic nitrogens is 1. The molecule has 0 N–H and O–H groups in total. The maximum absolute atomic E-state index is 13.5. The van der Waals surface area contributed by atoms with Crippen LogP contribution in [0.2, 0.25) is 0 Å². The average Bonchev–Trinajstić information content (AvgIpc) is 3.59. The molecular weight excluding hydrogens is 530 g/mol. The van der Waals surface area contributed by atoms with Crippen molar-refractivity contribution in [2.45, 2.75) is 38.3 Å². The van der Waals surface area contributed by atoms with Crippen LogP contribution in [-0.4, -0.2) is 55.1 Å². The summed E-state index contributed by atoms with van der Waals surface area (Å²) in [5.74, 6) is 1.03. The summed E-state index contributed by atoms with van der Waals surface area (Å²) in [5.41, 5.74) is 2.59. The van der Waals surface area contributed by atoms with E-state index in [2.05, 4.69) is 4.98 Å². The van der Waals surface area contributed by atoms with E-state index >= 15 is 0 Å². The topological polar surface area (TPSA) is 108 Å². The highest BCUT2D eigenvalue weighted by atomic mass is 32.2. The van der Waals surface area contributed by atoms with Crippen molar-refractivity contribution >= 4 is 27.5 Å². The van der Waals surface area contributed by atoms with Gasteiger partial charge in [0.1, 0.15) is 6.61 Å². The number of amides is 1. The molecule has 0 atom stereocenters. The molecule has 1 aliphatic rings. The summed E-state index contributed by atoms with van der Waals surface area (Å²) in [6.07, 6.45) is 1.39. The van der Waals surface area contributed by atoms with E-state index in [0.717, 1.165) is 10.4 Å². The molecule has 0 unspecified atom stereocenters. The van der Waals surface area contributed by atoms with Crippen LogP contribution in [0, 0.1) is 5.92 Å². The molecule has 2 heterocycles. The SMILES string of the molecule is CC(C)CN(CCCN(Cc1ccccc1)C(=O)OOCc1cncs1)S(=O)(=O)c1ccc2c(c1)OCO2. The Morgan fingerprint density at radius 2 is 1.89 bits per heavy atom. The number of carbonyl (C=O) groups excluding carboxylic acids is 1. The molecule has 3 aromatic rings. The van der Waals surface area contributed by atoms with Gasteiger partial charge in [0, 0.05) is 38.4 Å². The molecule has 12 heteroatoms. The van der Waals surface area contributed by atoms with Crippen molar-refractivity contribution in [1.29, 1.82) is 0 Å². The van der Waals surface area contributed by atoms with E-state index < -0.39 is 16.1 Å². The summed E-state index contributed by atoms with van der Waals surface area (Å²) in [4.78, 5) is 29.5. The summed E-state index contributed by atoms with van der Waals surface area (Å²) in [7, 11) is -3.80. The number of thiazole rings is 1. The third-order valence-corrected chi connectivity index (χ3v) is 8.29. The van der Waals surface area contributed by atoms with Crippen LogP contribution in [0.1, 0.15) is 30.7 Å². The molecular formula is C26H31N3O7S2. The van der Waals surface area contributed by atoms with Gasteiger partial charge >= 0.3 is 6.09 Å². The lowest BCUT2D eigenvalue weighted by molar-refractivity contribution is -0.255. The molecule has 0 spiro atoms. The number of hydrogen-bond acceptors (Lipinski definition) is 9. The van der Waals surface area contributed by atoms with Crippen molar-refractivity contribution in [2.24, 2.45) is 5.92 Å². The molecule has 0 aliphatic carbocycles. The Bertz CT molecular complexity index is 1290. The average molecular weight is 562 g/mol. The van der Waals surface area contributed by atoms with Gasteiger partial charge in [-0.15, -0.1) is 11.3 Å². The first-order valence-electron chi connectivity index (χ1n) is 12.2. The predicted molar refractivity (Wildman–Crippen MR) is 141 cm³/mol. The summed E-state index contributed by atoms with van der Waals surface area (Å²) in [5, 5.41) is 0. The molecule has 1 aromatic heterocycles. The predicted octanol–water partition coefficient (Wildman–Crippen LogP) is 4.68. The first-order chi connectivity index (χ1) is 18.3. The quantitative estimate of drug-likeness (QED) is 0.219. The van der Waals surface area contributed by atoms with Gasteiger partial charge in [-0.3, -0.25) is 9.87 Å². The molecule has 38 heavy (non-hydrogen) atoms. The Morgan fingerprint density at radius 1 is 1.11 bits per heavy atom. The molecule has 0 bridgehead atoms. The minimum absolute atomic E-state index is 0.0653. The lowest BCUT2D eigenvalue weighted by Gasteiger charge is -2.26. The summed E-state index contributed by atoms with van der Waals surface area (Å²) >= 11 is 1.40. The number of sulfonamides is 1. The van der Waals surface area contributed by atoms with Crippen LogP contribution in [0.4, 0.5) is 4.79 Å². The van der Waals surface area contributed by atoms with E-state index in [0.29, 0.717) is 31.0 Å². The first kappa shape index (κ1) is 27.8. The molecule has 10 nitrogen and oxygen atoms in total. The zero-order valence-electron chi connectivity index (χ0n) is 21.3. The van der Waals surface area contributed by atoms with E-state index in [1.165, 1.54) is 32.7 Å². The van der Waals surface area contributed by atoms with Crippen LogP contribution in [0.3, 0.4) is 0 Å². The van der Waals surface area contributed by atoms with Gasteiger partial charge in [0.2, 0.25) is 16.8 Å². The van der Waals surface area contributed by atoms with Crippen molar-refractivity contribution in [2.75, 3.05) is 26.4 Å². The lowest BCUT2D eigenvalue weighted by Crippen LogP contribution is -2.38. The smallest absolute Gasteiger partial charge is 0.441 e. The molecule has 1 amide bonds. The minimum Gasteiger partial charge on any atom is -0.454 e. The third-order valence-electron chi connectivity index (χ3n) is 5.68. The van der Waals surface area contributed by atoms with Crippen molar-refractivity contribution in [3.05, 3.63) is 70.7 Å². The number of rotatable bonds is 13. The van der Waals surface area contributed by atoms with Crippen molar-refractivity contribution in [3.8, 4) is 11.5 Å². The highest BCUT2D eigenvalue weighted by Crippen LogP contribution is 2.34. The van der Waals surface area contributed by atoms with Crippen molar-refractivity contribution in [3.63, 3.8) is 0 Å². The third kappa shape index (κ3) is 7.44. The van der Waals surface area contributed by atoms with Crippen LogP contribution < -0.4 is 9.47 Å². The molecule has 204 valence electrons. The fourth-order valence-electron chi connectivity index (χ4n) is 3.88. The number of nitrogens with zero attached hydrogens (tertiary/aromatic N) is 3. The number of benzene rings is 2. The fraction of sp³-hybridized carbons (Fsp3) is 0.385. The van der Waals surface area contributed by atoms with E-state index in [4.69, 9.17) is 19.2 Å². The number of carbonyl (C=O) groups is 1. The molecule has 0 saturated carbocycles. The Hall–Kier alpha value is -3.19.